The topological polar surface area (TPSA) is 99.0 Å². The second kappa shape index (κ2) is 3.23. The van der Waals surface area contributed by atoms with Crippen LogP contribution in [0.15, 0.2) is 12.1 Å². The maximum Gasteiger partial charge on any atom is 0.407 e. The van der Waals surface area contributed by atoms with Crippen LogP contribution in [-0.2, 0) is 4.74 Å². The molecule has 6 heteroatoms. The second-order valence-electron chi connectivity index (χ2n) is 3.17. The number of cyclic esters (lactones) is 1. The molecule has 0 unspecified atom stereocenters. The van der Waals surface area contributed by atoms with Gasteiger partial charge >= 0.3 is 6.09 Å². The third-order valence-electron chi connectivity index (χ3n) is 2.21. The molecular formula is C9H9NO5. The molecule has 1 aliphatic heterocycles. The highest BCUT2D eigenvalue weighted by molar-refractivity contribution is 5.70. The van der Waals surface area contributed by atoms with Gasteiger partial charge in [-0.25, -0.2) is 4.79 Å². The molecule has 1 aliphatic rings. The summed E-state index contributed by atoms with van der Waals surface area (Å²) in [5.74, 6) is -1.47. The molecule has 0 radical (unpaired) electrons. The summed E-state index contributed by atoms with van der Waals surface area (Å²) in [5.41, 5.74) is 0.302. The van der Waals surface area contributed by atoms with Crippen molar-refractivity contribution < 1.29 is 24.9 Å². The van der Waals surface area contributed by atoms with Gasteiger partial charge in [-0.2, -0.15) is 0 Å². The summed E-state index contributed by atoms with van der Waals surface area (Å²) in [6.07, 6.45) is -0.577. The maximum absolute atomic E-state index is 10.8. The van der Waals surface area contributed by atoms with Gasteiger partial charge in [0.1, 0.15) is 6.61 Å². The Morgan fingerprint density at radius 3 is 2.60 bits per heavy atom. The van der Waals surface area contributed by atoms with Crippen LogP contribution < -0.4 is 5.32 Å². The van der Waals surface area contributed by atoms with E-state index in [0.717, 1.165) is 0 Å². The molecule has 1 amide bonds. The molecule has 2 rings (SSSR count). The number of nitrogens with one attached hydrogen (secondary N) is 1. The van der Waals surface area contributed by atoms with Crippen molar-refractivity contribution in [2.45, 2.75) is 6.04 Å². The van der Waals surface area contributed by atoms with Crippen molar-refractivity contribution in [2.75, 3.05) is 6.61 Å². The quantitative estimate of drug-likeness (QED) is 0.509. The molecule has 0 aliphatic carbocycles. The first kappa shape index (κ1) is 9.45. The monoisotopic (exact) mass is 211 g/mol. The van der Waals surface area contributed by atoms with Gasteiger partial charge < -0.3 is 25.4 Å². The Kier molecular flexibility index (Phi) is 2.03. The van der Waals surface area contributed by atoms with Crippen LogP contribution in [0.4, 0.5) is 4.79 Å². The summed E-state index contributed by atoms with van der Waals surface area (Å²) >= 11 is 0. The number of ether oxygens (including phenoxy) is 1. The molecule has 1 aromatic rings. The van der Waals surface area contributed by atoms with Crippen LogP contribution >= 0.6 is 0 Å². The Bertz CT molecular complexity index is 417. The van der Waals surface area contributed by atoms with Crippen molar-refractivity contribution in [1.29, 1.82) is 0 Å². The summed E-state index contributed by atoms with van der Waals surface area (Å²) in [7, 11) is 0. The summed E-state index contributed by atoms with van der Waals surface area (Å²) in [6, 6.07) is 2.13. The largest absolute Gasteiger partial charge is 0.504 e. The van der Waals surface area contributed by atoms with Gasteiger partial charge in [-0.1, -0.05) is 0 Å². The van der Waals surface area contributed by atoms with Crippen LogP contribution in [0, 0.1) is 0 Å². The smallest absolute Gasteiger partial charge is 0.407 e. The van der Waals surface area contributed by atoms with Crippen molar-refractivity contribution in [3.8, 4) is 17.2 Å². The minimum atomic E-state index is -0.603. The molecule has 0 aromatic heterocycles. The number of rotatable bonds is 1. The average Bonchev–Trinajstić information content (AvgIpc) is 2.61. The molecule has 0 saturated carbocycles. The Labute approximate surface area is 84.7 Å². The number of aromatic hydroxyl groups is 3. The molecule has 1 fully saturated rings. The standard InChI is InChI=1S/C9H9NO5/c11-6-2-1-4(7(12)8(6)13)5-3-15-9(14)10-5/h1-2,5,11-13H,3H2,(H,10,14)/t5-/m0/s1. The van der Waals surface area contributed by atoms with Gasteiger partial charge in [-0.3, -0.25) is 0 Å². The van der Waals surface area contributed by atoms with Gasteiger partial charge in [0.25, 0.3) is 0 Å². The van der Waals surface area contributed by atoms with E-state index in [9.17, 15) is 15.0 Å². The molecule has 4 N–H and O–H groups in total. The van der Waals surface area contributed by atoms with Gasteiger partial charge in [0.2, 0.25) is 5.75 Å². The van der Waals surface area contributed by atoms with Crippen molar-refractivity contribution in [3.05, 3.63) is 17.7 Å². The van der Waals surface area contributed by atoms with Crippen LogP contribution in [0.25, 0.3) is 0 Å². The van der Waals surface area contributed by atoms with E-state index in [1.54, 1.807) is 0 Å². The molecule has 1 saturated heterocycles. The number of carbonyl (C=O) groups excluding carboxylic acids is 1. The van der Waals surface area contributed by atoms with Crippen LogP contribution in [0.5, 0.6) is 17.2 Å². The highest BCUT2D eigenvalue weighted by Gasteiger charge is 2.27. The fourth-order valence-electron chi connectivity index (χ4n) is 1.42. The normalized spacial score (nSPS) is 19.7. The van der Waals surface area contributed by atoms with E-state index in [1.165, 1.54) is 12.1 Å². The number of alkyl carbamates (subject to hydrolysis) is 1. The van der Waals surface area contributed by atoms with Crippen LogP contribution in [0.3, 0.4) is 0 Å². The number of hydrogen-bond acceptors (Lipinski definition) is 5. The molecule has 15 heavy (non-hydrogen) atoms. The lowest BCUT2D eigenvalue weighted by atomic mass is 10.1. The number of carbonyl (C=O) groups is 1. The summed E-state index contributed by atoms with van der Waals surface area (Å²) in [4.78, 5) is 10.8. The SMILES string of the molecule is O=C1N[C@H](c2ccc(O)c(O)c2O)CO1. The van der Waals surface area contributed by atoms with Crippen LogP contribution in [-0.4, -0.2) is 28.0 Å². The zero-order valence-electron chi connectivity index (χ0n) is 7.60. The predicted molar refractivity (Wildman–Crippen MR) is 48.7 cm³/mol. The van der Waals surface area contributed by atoms with E-state index in [0.29, 0.717) is 5.56 Å². The Morgan fingerprint density at radius 2 is 2.00 bits per heavy atom. The summed E-state index contributed by atoms with van der Waals surface area (Å²) < 4.78 is 4.64. The Hall–Kier alpha value is -2.11. The zero-order chi connectivity index (χ0) is 11.0. The first-order valence-corrected chi connectivity index (χ1v) is 4.26. The lowest BCUT2D eigenvalue weighted by Gasteiger charge is -2.11. The highest BCUT2D eigenvalue weighted by Crippen LogP contribution is 2.40. The molecule has 1 heterocycles. The van der Waals surface area contributed by atoms with E-state index in [1.807, 2.05) is 0 Å². The number of hydrogen-bond donors (Lipinski definition) is 4. The third kappa shape index (κ3) is 1.50. The van der Waals surface area contributed by atoms with Crippen LogP contribution in [0.2, 0.25) is 0 Å². The minimum absolute atomic E-state index is 0.0800. The van der Waals surface area contributed by atoms with E-state index >= 15 is 0 Å². The lowest BCUT2D eigenvalue weighted by molar-refractivity contribution is 0.176. The second-order valence-corrected chi connectivity index (χ2v) is 3.17. The molecule has 1 atom stereocenters. The van der Waals surface area contributed by atoms with Gasteiger partial charge in [-0.05, 0) is 12.1 Å². The molecule has 0 bridgehead atoms. The fourth-order valence-corrected chi connectivity index (χ4v) is 1.42. The minimum Gasteiger partial charge on any atom is -0.504 e. The number of benzene rings is 1. The molecule has 80 valence electrons. The Morgan fingerprint density at radius 1 is 1.27 bits per heavy atom. The molecular weight excluding hydrogens is 202 g/mol. The van der Waals surface area contributed by atoms with Crippen molar-refractivity contribution in [3.63, 3.8) is 0 Å². The van der Waals surface area contributed by atoms with E-state index in [2.05, 4.69) is 10.1 Å². The summed E-state index contributed by atoms with van der Waals surface area (Å²) in [5, 5.41) is 30.3. The van der Waals surface area contributed by atoms with Crippen LogP contribution in [0.1, 0.15) is 11.6 Å². The average molecular weight is 211 g/mol. The first-order chi connectivity index (χ1) is 7.09. The molecule has 6 nitrogen and oxygen atoms in total. The summed E-state index contributed by atoms with van der Waals surface area (Å²) in [6.45, 7) is 0.0800. The Balaban J connectivity index is 2.37. The molecule has 1 aromatic carbocycles. The van der Waals surface area contributed by atoms with E-state index in [-0.39, 0.29) is 6.61 Å². The zero-order valence-corrected chi connectivity index (χ0v) is 7.60. The third-order valence-corrected chi connectivity index (χ3v) is 2.21. The number of phenols is 3. The van der Waals surface area contributed by atoms with Crippen molar-refractivity contribution >= 4 is 6.09 Å². The van der Waals surface area contributed by atoms with E-state index in [4.69, 9.17) is 5.11 Å². The molecule has 0 spiro atoms. The lowest BCUT2D eigenvalue weighted by Crippen LogP contribution is -2.18. The van der Waals surface area contributed by atoms with E-state index < -0.39 is 29.4 Å². The highest BCUT2D eigenvalue weighted by atomic mass is 16.6. The van der Waals surface area contributed by atoms with Crippen molar-refractivity contribution in [1.82, 2.24) is 5.32 Å². The maximum atomic E-state index is 10.8. The van der Waals surface area contributed by atoms with Crippen molar-refractivity contribution in [2.24, 2.45) is 0 Å². The van der Waals surface area contributed by atoms with Gasteiger partial charge in [0, 0.05) is 5.56 Å². The predicted octanol–water partition coefficient (Wildman–Crippen LogP) is 0.584. The van der Waals surface area contributed by atoms with Gasteiger partial charge in [-0.15, -0.1) is 0 Å². The first-order valence-electron chi connectivity index (χ1n) is 4.26. The van der Waals surface area contributed by atoms with Gasteiger partial charge in [0.05, 0.1) is 6.04 Å². The number of amides is 1. The fraction of sp³-hybridized carbons (Fsp3) is 0.222. The number of phenolic OH excluding ortho intramolecular Hbond substituents is 3. The van der Waals surface area contributed by atoms with Gasteiger partial charge in [0.15, 0.2) is 11.5 Å².